The van der Waals surface area contributed by atoms with Gasteiger partial charge in [-0.2, -0.15) is 13.2 Å². The zero-order chi connectivity index (χ0) is 17.3. The number of phosphoric acid groups is 1. The number of hydrogen-bond acceptors (Lipinski definition) is 9. The normalized spacial score (nSPS) is 33.8. The van der Waals surface area contributed by atoms with E-state index in [1.807, 2.05) is 0 Å². The van der Waals surface area contributed by atoms with E-state index in [-0.39, 0.29) is 59.1 Å². The molecule has 0 saturated carbocycles. The van der Waals surface area contributed by atoms with Crippen LogP contribution in [0.4, 0.5) is 13.2 Å². The van der Waals surface area contributed by atoms with Gasteiger partial charge >= 0.3 is 65.3 Å². The summed E-state index contributed by atoms with van der Waals surface area (Å²) in [6.45, 7) is -0.966. The number of nitrogens with zero attached hydrogens (tertiary/aromatic N) is 1. The van der Waals surface area contributed by atoms with E-state index in [9.17, 15) is 37.9 Å². The second-order valence-corrected chi connectivity index (χ2v) is 5.35. The first kappa shape index (κ1) is 27.4. The Morgan fingerprint density at radius 3 is 2.17 bits per heavy atom. The Bertz CT molecular complexity index is 476. The minimum Gasteiger partial charge on any atom is -0.856 e. The molecule has 10 nitrogen and oxygen atoms in total. The van der Waals surface area contributed by atoms with Crippen LogP contribution in [0.25, 0.3) is 0 Å². The van der Waals surface area contributed by atoms with Gasteiger partial charge in [0.15, 0.2) is 6.29 Å². The molecule has 1 fully saturated rings. The van der Waals surface area contributed by atoms with E-state index in [4.69, 9.17) is 10.00 Å². The molecule has 0 spiro atoms. The van der Waals surface area contributed by atoms with Crippen molar-refractivity contribution in [1.29, 1.82) is 0 Å². The van der Waals surface area contributed by atoms with Crippen molar-refractivity contribution in [3.05, 3.63) is 0 Å². The molecule has 1 rings (SSSR count). The zero-order valence-corrected chi connectivity index (χ0v) is 17.3. The molecule has 0 aromatic rings. The number of rotatable bonds is 4. The van der Waals surface area contributed by atoms with Crippen molar-refractivity contribution in [3.63, 3.8) is 0 Å². The first-order chi connectivity index (χ1) is 9.86. The third-order valence-corrected chi connectivity index (χ3v) is 3.07. The fraction of sp³-hybridized carbons (Fsp3) is 0.875. The third-order valence-electron chi connectivity index (χ3n) is 2.59. The van der Waals surface area contributed by atoms with E-state index < -0.39 is 57.1 Å². The van der Waals surface area contributed by atoms with Gasteiger partial charge in [-0.3, -0.25) is 14.1 Å². The second kappa shape index (κ2) is 10.5. The zero-order valence-electron chi connectivity index (χ0n) is 12.5. The molecule has 0 radical (unpaired) electrons. The number of aliphatic imine (C=N–C) groups is 1. The molecular weight excluding hydrogens is 388 g/mol. The SMILES string of the molecule is O=P([O-])(O)O[C@H]1O[C@H](CO)[C@@H](O)[C@H](O)[C@H]1N=C([O-])C(F)(F)F.[Na+].[Na+]. The standard InChI is InChI=1S/C8H13F3NO9P.2Na/c9-8(10,11)7(16)12-3-5(15)4(14)2(1-13)20-6(3)21-22(17,18)19;;/h2-6,13-15H,1H2,(H,12,16)(H2,17,18,19);;/q;2*+1/p-2/t2-,3-,4-,5-,6-;;/m1../s1. The molecule has 1 saturated heterocycles. The van der Waals surface area contributed by atoms with Crippen molar-refractivity contribution >= 4 is 13.7 Å². The largest absolute Gasteiger partial charge is 1.00 e. The molecule has 0 aliphatic carbocycles. The number of ether oxygens (including phenoxy) is 1. The van der Waals surface area contributed by atoms with Crippen molar-refractivity contribution in [1.82, 2.24) is 0 Å². The van der Waals surface area contributed by atoms with E-state index in [0.29, 0.717) is 0 Å². The first-order valence-electron chi connectivity index (χ1n) is 5.53. The number of phosphoric ester groups is 1. The fourth-order valence-corrected chi connectivity index (χ4v) is 2.07. The predicted molar refractivity (Wildman–Crippen MR) is 55.9 cm³/mol. The molecule has 1 unspecified atom stereocenters. The topological polar surface area (TPSA) is 175 Å². The van der Waals surface area contributed by atoms with Gasteiger partial charge in [-0.1, -0.05) is 0 Å². The molecule has 0 bridgehead atoms. The fourth-order valence-electron chi connectivity index (χ4n) is 1.63. The summed E-state index contributed by atoms with van der Waals surface area (Å²) in [5, 5.41) is 38.7. The van der Waals surface area contributed by atoms with Crippen LogP contribution < -0.4 is 69.1 Å². The third kappa shape index (κ3) is 7.84. The van der Waals surface area contributed by atoms with E-state index in [1.165, 1.54) is 0 Å². The van der Waals surface area contributed by atoms with E-state index >= 15 is 0 Å². The molecule has 16 heteroatoms. The van der Waals surface area contributed by atoms with Gasteiger partial charge in [0.05, 0.1) is 12.5 Å². The molecule has 6 atom stereocenters. The Labute approximate surface area is 177 Å². The van der Waals surface area contributed by atoms with Gasteiger partial charge in [0.2, 0.25) is 0 Å². The molecule has 24 heavy (non-hydrogen) atoms. The second-order valence-electron chi connectivity index (χ2n) is 4.20. The monoisotopic (exact) mass is 399 g/mol. The Morgan fingerprint density at radius 1 is 1.29 bits per heavy atom. The van der Waals surface area contributed by atoms with Crippen molar-refractivity contribution in [2.75, 3.05) is 6.61 Å². The summed E-state index contributed by atoms with van der Waals surface area (Å²) in [6.07, 6.45) is -13.6. The summed E-state index contributed by atoms with van der Waals surface area (Å²) in [4.78, 5) is 21.7. The molecule has 130 valence electrons. The van der Waals surface area contributed by atoms with Crippen LogP contribution in [0.3, 0.4) is 0 Å². The summed E-state index contributed by atoms with van der Waals surface area (Å²) in [5.41, 5.74) is 0. The van der Waals surface area contributed by atoms with Crippen LogP contribution >= 0.6 is 7.82 Å². The minimum absolute atomic E-state index is 0. The van der Waals surface area contributed by atoms with Crippen molar-refractivity contribution < 1.29 is 116 Å². The number of halogens is 3. The maximum Gasteiger partial charge on any atom is 1.00 e. The van der Waals surface area contributed by atoms with E-state index in [2.05, 4.69) is 14.3 Å². The van der Waals surface area contributed by atoms with Gasteiger partial charge in [-0.25, -0.2) is 0 Å². The van der Waals surface area contributed by atoms with Crippen LogP contribution in [0.1, 0.15) is 0 Å². The Hall–Kier alpha value is 1.21. The molecule has 1 aliphatic heterocycles. The van der Waals surface area contributed by atoms with Crippen LogP contribution in [0.5, 0.6) is 0 Å². The number of aliphatic hydroxyl groups is 3. The van der Waals surface area contributed by atoms with Crippen molar-refractivity contribution in [2.24, 2.45) is 4.99 Å². The Balaban J connectivity index is 0. The summed E-state index contributed by atoms with van der Waals surface area (Å²) in [7, 11) is -5.54. The summed E-state index contributed by atoms with van der Waals surface area (Å²) in [5.74, 6) is -2.69. The van der Waals surface area contributed by atoms with E-state index in [0.717, 1.165) is 0 Å². The van der Waals surface area contributed by atoms with Crippen LogP contribution in [0.2, 0.25) is 0 Å². The average Bonchev–Trinajstić information content (AvgIpc) is 2.35. The molecule has 0 aromatic heterocycles. The van der Waals surface area contributed by atoms with Crippen molar-refractivity contribution in [3.8, 4) is 0 Å². The van der Waals surface area contributed by atoms with Gasteiger partial charge in [0.25, 0.3) is 7.82 Å². The molecular formula is C8H11F3NNa2O9P. The molecule has 0 amide bonds. The quantitative estimate of drug-likeness (QED) is 0.155. The van der Waals surface area contributed by atoms with Gasteiger partial charge in [0.1, 0.15) is 24.4 Å². The number of alkyl halides is 3. The summed E-state index contributed by atoms with van der Waals surface area (Å²) < 4.78 is 55.6. The van der Waals surface area contributed by atoms with Crippen molar-refractivity contribution in [2.45, 2.75) is 36.8 Å². The van der Waals surface area contributed by atoms with Crippen LogP contribution in [-0.4, -0.2) is 69.5 Å². The summed E-state index contributed by atoms with van der Waals surface area (Å²) >= 11 is 0. The van der Waals surface area contributed by atoms with Gasteiger partial charge < -0.3 is 34.9 Å². The molecule has 0 aromatic carbocycles. The average molecular weight is 399 g/mol. The van der Waals surface area contributed by atoms with Gasteiger partial charge in [-0.05, 0) is 0 Å². The van der Waals surface area contributed by atoms with Crippen LogP contribution in [0.15, 0.2) is 4.99 Å². The minimum atomic E-state index is -5.54. The molecule has 1 heterocycles. The molecule has 1 aliphatic rings. The first-order valence-corrected chi connectivity index (χ1v) is 7.03. The van der Waals surface area contributed by atoms with E-state index in [1.54, 1.807) is 0 Å². The van der Waals surface area contributed by atoms with Gasteiger partial charge in [-0.15, -0.1) is 0 Å². The number of aliphatic hydroxyl groups excluding tert-OH is 3. The summed E-state index contributed by atoms with van der Waals surface area (Å²) in [6, 6.07) is -2.30. The maximum atomic E-state index is 12.2. The number of hydrogen-bond donors (Lipinski definition) is 4. The predicted octanol–water partition coefficient (Wildman–Crippen LogP) is -9.40. The maximum absolute atomic E-state index is 12.2. The van der Waals surface area contributed by atoms with Crippen LogP contribution in [-0.2, 0) is 13.8 Å². The molecule has 4 N–H and O–H groups in total. The Morgan fingerprint density at radius 2 is 1.79 bits per heavy atom. The van der Waals surface area contributed by atoms with Gasteiger partial charge in [0, 0.05) is 0 Å². The Kier molecular flexibility index (Phi) is 12.0. The smallest absolute Gasteiger partial charge is 0.856 e. The van der Waals surface area contributed by atoms with Crippen LogP contribution in [0, 0.1) is 0 Å².